The molecule has 0 aliphatic rings. The molecule has 0 saturated heterocycles. The van der Waals surface area contributed by atoms with Crippen molar-refractivity contribution in [3.8, 4) is 0 Å². The maximum atomic E-state index is 11.4. The average Bonchev–Trinajstić information content (AvgIpc) is 2.19. The lowest BCUT2D eigenvalue weighted by Gasteiger charge is -2.14. The first-order chi connectivity index (χ1) is 6.65. The van der Waals surface area contributed by atoms with E-state index in [1.807, 2.05) is 0 Å². The Hall–Kier alpha value is -0.260. The molecular weight excluding hydrogens is 200 g/mol. The molecule has 0 aromatic rings. The van der Waals surface area contributed by atoms with Gasteiger partial charge in [0.15, 0.2) is 0 Å². The third-order valence-electron chi connectivity index (χ3n) is 2.04. The van der Waals surface area contributed by atoms with Crippen LogP contribution in [0.1, 0.15) is 13.3 Å². The van der Waals surface area contributed by atoms with Crippen LogP contribution >= 0.6 is 11.8 Å². The van der Waals surface area contributed by atoms with E-state index in [9.17, 15) is 4.79 Å². The number of thioether (sulfide) groups is 1. The maximum Gasteiger partial charge on any atom is 0.250 e. The molecule has 0 aromatic heterocycles. The number of carbonyl (C=O) groups excluding carboxylic acids is 1. The molecule has 14 heavy (non-hydrogen) atoms. The summed E-state index contributed by atoms with van der Waals surface area (Å²) in [6, 6.07) is 0. The number of rotatable bonds is 7. The summed E-state index contributed by atoms with van der Waals surface area (Å²) in [4.78, 5) is 11.4. The molecule has 0 rings (SSSR count). The first kappa shape index (κ1) is 13.7. The number of hydrogen-bond donors (Lipinski definition) is 2. The number of nitrogens with two attached hydrogens (primary N) is 1. The molecule has 0 spiro atoms. The van der Waals surface area contributed by atoms with E-state index in [1.54, 1.807) is 11.8 Å². The second kappa shape index (κ2) is 8.08. The van der Waals surface area contributed by atoms with Crippen LogP contribution in [0.2, 0.25) is 0 Å². The van der Waals surface area contributed by atoms with Gasteiger partial charge in [0, 0.05) is 25.4 Å². The van der Waals surface area contributed by atoms with Crippen LogP contribution in [0, 0.1) is 0 Å². The Kier molecular flexibility index (Phi) is 7.93. The third kappa shape index (κ3) is 5.47. The summed E-state index contributed by atoms with van der Waals surface area (Å²) in [7, 11) is 1.49. The van der Waals surface area contributed by atoms with E-state index in [-0.39, 0.29) is 12.5 Å². The third-order valence-corrected chi connectivity index (χ3v) is 3.08. The van der Waals surface area contributed by atoms with Gasteiger partial charge in [-0.2, -0.15) is 11.8 Å². The summed E-state index contributed by atoms with van der Waals surface area (Å²) in [6.45, 7) is 3.04. The van der Waals surface area contributed by atoms with Gasteiger partial charge in [0.05, 0.1) is 0 Å². The van der Waals surface area contributed by atoms with Crippen molar-refractivity contribution in [2.75, 3.05) is 26.5 Å². The molecule has 5 heteroatoms. The number of hydrogen-bond acceptors (Lipinski definition) is 4. The molecule has 0 radical (unpaired) electrons. The van der Waals surface area contributed by atoms with Crippen LogP contribution in [0.3, 0.4) is 0 Å². The number of carbonyl (C=O) groups is 1. The van der Waals surface area contributed by atoms with Crippen molar-refractivity contribution in [1.82, 2.24) is 5.32 Å². The largest absolute Gasteiger partial charge is 0.370 e. The standard InChI is InChI=1S/C9H20N2O2S/c1-7(14-3)4-5-11-9(12)8(6-10)13-2/h7-8H,4-6,10H2,1-3H3,(H,11,12). The Morgan fingerprint density at radius 1 is 1.64 bits per heavy atom. The minimum atomic E-state index is -0.514. The van der Waals surface area contributed by atoms with E-state index in [4.69, 9.17) is 10.5 Å². The van der Waals surface area contributed by atoms with Gasteiger partial charge in [0.1, 0.15) is 6.10 Å². The van der Waals surface area contributed by atoms with Gasteiger partial charge < -0.3 is 15.8 Å². The minimum absolute atomic E-state index is 0.122. The number of ether oxygens (including phenoxy) is 1. The number of methoxy groups -OCH3 is 1. The van der Waals surface area contributed by atoms with Gasteiger partial charge >= 0.3 is 0 Å². The van der Waals surface area contributed by atoms with Crippen molar-refractivity contribution in [2.24, 2.45) is 5.73 Å². The SMILES string of the molecule is COC(CN)C(=O)NCCC(C)SC. The maximum absolute atomic E-state index is 11.4. The monoisotopic (exact) mass is 220 g/mol. The molecule has 0 saturated carbocycles. The van der Waals surface area contributed by atoms with Gasteiger partial charge in [0.2, 0.25) is 5.91 Å². The summed E-state index contributed by atoms with van der Waals surface area (Å²) in [6.07, 6.45) is 2.51. The molecule has 0 aliphatic carbocycles. The molecule has 0 fully saturated rings. The second-order valence-electron chi connectivity index (χ2n) is 3.09. The summed E-state index contributed by atoms with van der Waals surface area (Å²) < 4.78 is 4.90. The first-order valence-corrected chi connectivity index (χ1v) is 5.97. The molecule has 3 N–H and O–H groups in total. The van der Waals surface area contributed by atoms with Gasteiger partial charge in [-0.25, -0.2) is 0 Å². The number of amides is 1. The lowest BCUT2D eigenvalue weighted by molar-refractivity contribution is -0.130. The van der Waals surface area contributed by atoms with Crippen molar-refractivity contribution >= 4 is 17.7 Å². The van der Waals surface area contributed by atoms with E-state index in [1.165, 1.54) is 7.11 Å². The quantitative estimate of drug-likeness (QED) is 0.644. The Balaban J connectivity index is 3.62. The second-order valence-corrected chi connectivity index (χ2v) is 4.36. The van der Waals surface area contributed by atoms with Gasteiger partial charge in [-0.3, -0.25) is 4.79 Å². The summed E-state index contributed by atoms with van der Waals surface area (Å²) in [5, 5.41) is 3.36. The van der Waals surface area contributed by atoms with Crippen LogP contribution in [0.5, 0.6) is 0 Å². The number of nitrogens with one attached hydrogen (secondary N) is 1. The van der Waals surface area contributed by atoms with E-state index >= 15 is 0 Å². The van der Waals surface area contributed by atoms with Crippen LogP contribution in [0.25, 0.3) is 0 Å². The van der Waals surface area contributed by atoms with Crippen LogP contribution < -0.4 is 11.1 Å². The van der Waals surface area contributed by atoms with Crippen molar-refractivity contribution in [1.29, 1.82) is 0 Å². The molecule has 2 atom stereocenters. The predicted molar refractivity (Wildman–Crippen MR) is 60.5 cm³/mol. The average molecular weight is 220 g/mol. The lowest BCUT2D eigenvalue weighted by atomic mass is 10.3. The molecule has 0 heterocycles. The topological polar surface area (TPSA) is 64.3 Å². The fourth-order valence-electron chi connectivity index (χ4n) is 0.941. The molecule has 4 nitrogen and oxygen atoms in total. The Bertz CT molecular complexity index is 163. The fraction of sp³-hybridized carbons (Fsp3) is 0.889. The van der Waals surface area contributed by atoms with Gasteiger partial charge in [-0.15, -0.1) is 0 Å². The van der Waals surface area contributed by atoms with Crippen molar-refractivity contribution in [3.63, 3.8) is 0 Å². The summed E-state index contributed by atoms with van der Waals surface area (Å²) in [5.74, 6) is -0.122. The van der Waals surface area contributed by atoms with Crippen molar-refractivity contribution in [3.05, 3.63) is 0 Å². The van der Waals surface area contributed by atoms with E-state index in [0.717, 1.165) is 6.42 Å². The molecule has 0 aliphatic heterocycles. The van der Waals surface area contributed by atoms with Crippen LogP contribution in [0.4, 0.5) is 0 Å². The highest BCUT2D eigenvalue weighted by Crippen LogP contribution is 2.07. The van der Waals surface area contributed by atoms with Crippen LogP contribution in [-0.4, -0.2) is 43.7 Å². The van der Waals surface area contributed by atoms with Gasteiger partial charge in [-0.1, -0.05) is 6.92 Å². The van der Waals surface area contributed by atoms with Crippen molar-refractivity contribution < 1.29 is 9.53 Å². The molecule has 1 amide bonds. The van der Waals surface area contributed by atoms with Crippen LogP contribution in [0.15, 0.2) is 0 Å². The molecule has 84 valence electrons. The fourth-order valence-corrected chi connectivity index (χ4v) is 1.29. The zero-order valence-corrected chi connectivity index (χ0v) is 9.89. The Morgan fingerprint density at radius 3 is 2.71 bits per heavy atom. The first-order valence-electron chi connectivity index (χ1n) is 4.69. The Morgan fingerprint density at radius 2 is 2.29 bits per heavy atom. The van der Waals surface area contributed by atoms with E-state index < -0.39 is 6.10 Å². The molecule has 0 aromatic carbocycles. The lowest BCUT2D eigenvalue weighted by Crippen LogP contribution is -2.41. The highest BCUT2D eigenvalue weighted by molar-refractivity contribution is 7.99. The highest BCUT2D eigenvalue weighted by atomic mass is 32.2. The molecule has 0 bridgehead atoms. The van der Waals surface area contributed by atoms with E-state index in [2.05, 4.69) is 18.5 Å². The normalized spacial score (nSPS) is 14.9. The zero-order chi connectivity index (χ0) is 11.0. The molecular formula is C9H20N2O2S. The van der Waals surface area contributed by atoms with Crippen molar-refractivity contribution in [2.45, 2.75) is 24.7 Å². The predicted octanol–water partition coefficient (Wildman–Crippen LogP) is 0.218. The van der Waals surface area contributed by atoms with Gasteiger partial charge in [0.25, 0.3) is 0 Å². The highest BCUT2D eigenvalue weighted by Gasteiger charge is 2.14. The minimum Gasteiger partial charge on any atom is -0.370 e. The molecule has 2 unspecified atom stereocenters. The Labute approximate surface area is 89.9 Å². The summed E-state index contributed by atoms with van der Waals surface area (Å²) >= 11 is 1.79. The van der Waals surface area contributed by atoms with Gasteiger partial charge in [-0.05, 0) is 12.7 Å². The smallest absolute Gasteiger partial charge is 0.250 e. The summed E-state index contributed by atoms with van der Waals surface area (Å²) in [5.41, 5.74) is 5.35. The van der Waals surface area contributed by atoms with Crippen LogP contribution in [-0.2, 0) is 9.53 Å². The zero-order valence-electron chi connectivity index (χ0n) is 9.08. The van der Waals surface area contributed by atoms with E-state index in [0.29, 0.717) is 11.8 Å².